The van der Waals surface area contributed by atoms with Gasteiger partial charge in [-0.15, -0.1) is 0 Å². The minimum Gasteiger partial charge on any atom is -0.456 e. The first-order valence-electron chi connectivity index (χ1n) is 17.4. The van der Waals surface area contributed by atoms with Crippen LogP contribution in [0.15, 0.2) is 186 Å². The van der Waals surface area contributed by atoms with Gasteiger partial charge in [0.15, 0.2) is 17.5 Å². The summed E-state index contributed by atoms with van der Waals surface area (Å²) in [5.74, 6) is 1.83. The van der Waals surface area contributed by atoms with E-state index in [1.54, 1.807) is 0 Å². The molecule has 0 aliphatic heterocycles. The van der Waals surface area contributed by atoms with E-state index < -0.39 is 0 Å². The van der Waals surface area contributed by atoms with Crippen molar-refractivity contribution in [3.63, 3.8) is 0 Å². The Morgan fingerprint density at radius 3 is 1.65 bits per heavy atom. The molecule has 0 saturated heterocycles. The maximum absolute atomic E-state index is 6.80. The molecule has 0 N–H and O–H groups in total. The summed E-state index contributed by atoms with van der Waals surface area (Å²) in [5, 5.41) is 6.54. The Morgan fingerprint density at radius 2 is 0.942 bits per heavy atom. The van der Waals surface area contributed by atoms with Gasteiger partial charge in [0, 0.05) is 50.0 Å². The van der Waals surface area contributed by atoms with Gasteiger partial charge < -0.3 is 9.32 Å². The summed E-state index contributed by atoms with van der Waals surface area (Å²) in [5.41, 5.74) is 7.50. The second kappa shape index (κ2) is 12.3. The van der Waals surface area contributed by atoms with Crippen LogP contribution in [0, 0.1) is 0 Å². The molecule has 2 aromatic heterocycles. The van der Waals surface area contributed by atoms with Crippen molar-refractivity contribution < 1.29 is 4.42 Å². The zero-order valence-electron chi connectivity index (χ0n) is 28.0. The molecular formula is C47H30N4O. The van der Waals surface area contributed by atoms with Crippen molar-refractivity contribution in [2.75, 3.05) is 4.90 Å². The molecule has 10 rings (SSSR count). The molecule has 52 heavy (non-hydrogen) atoms. The Hall–Kier alpha value is -7.11. The van der Waals surface area contributed by atoms with E-state index in [9.17, 15) is 0 Å². The highest BCUT2D eigenvalue weighted by Crippen LogP contribution is 2.47. The van der Waals surface area contributed by atoms with Crippen molar-refractivity contribution >= 4 is 60.5 Å². The van der Waals surface area contributed by atoms with Crippen LogP contribution in [0.1, 0.15) is 0 Å². The number of nitrogens with zero attached hydrogens (tertiary/aromatic N) is 4. The molecule has 10 aromatic rings. The van der Waals surface area contributed by atoms with Crippen LogP contribution in [0.5, 0.6) is 0 Å². The van der Waals surface area contributed by atoms with Gasteiger partial charge in [0.2, 0.25) is 0 Å². The number of anilines is 3. The van der Waals surface area contributed by atoms with Gasteiger partial charge in [-0.1, -0.05) is 152 Å². The molecule has 0 spiro atoms. The number of hydrogen-bond acceptors (Lipinski definition) is 5. The predicted octanol–water partition coefficient (Wildman–Crippen LogP) is 12.5. The molecule has 0 radical (unpaired) electrons. The molecule has 0 atom stereocenters. The lowest BCUT2D eigenvalue weighted by Crippen LogP contribution is -2.11. The molecule has 0 unspecified atom stereocenters. The van der Waals surface area contributed by atoms with Gasteiger partial charge in [-0.25, -0.2) is 15.0 Å². The Morgan fingerprint density at radius 1 is 0.385 bits per heavy atom. The van der Waals surface area contributed by atoms with E-state index in [4.69, 9.17) is 19.4 Å². The van der Waals surface area contributed by atoms with Crippen molar-refractivity contribution in [1.82, 2.24) is 15.0 Å². The fourth-order valence-electron chi connectivity index (χ4n) is 7.35. The highest BCUT2D eigenvalue weighted by Gasteiger charge is 2.24. The summed E-state index contributed by atoms with van der Waals surface area (Å²) in [4.78, 5) is 17.5. The minimum absolute atomic E-state index is 0.593. The number of furan rings is 1. The van der Waals surface area contributed by atoms with Gasteiger partial charge in [-0.05, 0) is 35.0 Å². The quantitative estimate of drug-likeness (QED) is 0.177. The molecule has 0 amide bonds. The van der Waals surface area contributed by atoms with Crippen LogP contribution in [0.25, 0.3) is 77.6 Å². The van der Waals surface area contributed by atoms with Crippen LogP contribution in [-0.2, 0) is 0 Å². The fraction of sp³-hybridized carbons (Fsp3) is 0. The van der Waals surface area contributed by atoms with E-state index in [-0.39, 0.29) is 0 Å². The lowest BCUT2D eigenvalue weighted by molar-refractivity contribution is 0.669. The van der Waals surface area contributed by atoms with Gasteiger partial charge >= 0.3 is 0 Å². The maximum atomic E-state index is 6.80. The van der Waals surface area contributed by atoms with Crippen LogP contribution in [0.4, 0.5) is 17.1 Å². The second-order valence-corrected chi connectivity index (χ2v) is 12.8. The summed E-state index contributed by atoms with van der Waals surface area (Å²) in [7, 11) is 0. The highest BCUT2D eigenvalue weighted by molar-refractivity contribution is 6.25. The molecular weight excluding hydrogens is 637 g/mol. The molecule has 2 heterocycles. The molecule has 0 fully saturated rings. The third kappa shape index (κ3) is 4.98. The molecule has 8 aromatic carbocycles. The molecule has 0 aliphatic rings. The number of aromatic nitrogens is 3. The summed E-state index contributed by atoms with van der Waals surface area (Å²) in [6.45, 7) is 0. The first kappa shape index (κ1) is 29.8. The van der Waals surface area contributed by atoms with Crippen molar-refractivity contribution in [3.05, 3.63) is 182 Å². The van der Waals surface area contributed by atoms with Crippen LogP contribution in [-0.4, -0.2) is 15.0 Å². The first-order valence-corrected chi connectivity index (χ1v) is 17.4. The Kier molecular flexibility index (Phi) is 7.07. The van der Waals surface area contributed by atoms with Gasteiger partial charge in [-0.3, -0.25) is 0 Å². The smallest absolute Gasteiger partial charge is 0.164 e. The summed E-state index contributed by atoms with van der Waals surface area (Å²) < 4.78 is 6.80. The largest absolute Gasteiger partial charge is 0.456 e. The van der Waals surface area contributed by atoms with Gasteiger partial charge in [0.05, 0.1) is 11.4 Å². The topological polar surface area (TPSA) is 55.1 Å². The summed E-state index contributed by atoms with van der Waals surface area (Å²) in [6, 6.07) is 62.7. The fourth-order valence-corrected chi connectivity index (χ4v) is 7.35. The molecule has 0 aliphatic carbocycles. The van der Waals surface area contributed by atoms with E-state index in [1.807, 2.05) is 72.8 Å². The van der Waals surface area contributed by atoms with E-state index in [0.29, 0.717) is 17.5 Å². The zero-order valence-corrected chi connectivity index (χ0v) is 28.0. The van der Waals surface area contributed by atoms with Crippen molar-refractivity contribution in [1.29, 1.82) is 0 Å². The number of benzene rings is 8. The lowest BCUT2D eigenvalue weighted by atomic mass is 9.98. The normalized spacial score (nSPS) is 11.5. The average molecular weight is 667 g/mol. The van der Waals surface area contributed by atoms with Gasteiger partial charge in [0.25, 0.3) is 0 Å². The van der Waals surface area contributed by atoms with E-state index in [0.717, 1.165) is 66.5 Å². The number of fused-ring (bicyclic) bond motifs is 6. The lowest BCUT2D eigenvalue weighted by Gasteiger charge is -2.28. The molecule has 5 heteroatoms. The number of para-hydroxylation sites is 1. The first-order chi connectivity index (χ1) is 25.8. The average Bonchev–Trinajstić information content (AvgIpc) is 3.61. The molecule has 5 nitrogen and oxygen atoms in total. The molecule has 244 valence electrons. The van der Waals surface area contributed by atoms with Crippen molar-refractivity contribution in [2.45, 2.75) is 0 Å². The Labute approximate surface area is 300 Å². The summed E-state index contributed by atoms with van der Waals surface area (Å²) in [6.07, 6.45) is 0. The van der Waals surface area contributed by atoms with E-state index in [1.165, 1.54) is 10.8 Å². The third-order valence-corrected chi connectivity index (χ3v) is 9.69. The van der Waals surface area contributed by atoms with Crippen LogP contribution in [0.3, 0.4) is 0 Å². The predicted molar refractivity (Wildman–Crippen MR) is 213 cm³/mol. The zero-order chi connectivity index (χ0) is 34.4. The molecule has 0 bridgehead atoms. The Balaban J connectivity index is 1.26. The van der Waals surface area contributed by atoms with E-state index in [2.05, 4.69) is 114 Å². The number of hydrogen-bond donors (Lipinski definition) is 0. The van der Waals surface area contributed by atoms with Gasteiger partial charge in [-0.2, -0.15) is 0 Å². The third-order valence-electron chi connectivity index (χ3n) is 9.69. The second-order valence-electron chi connectivity index (χ2n) is 12.8. The SMILES string of the molecule is c1ccc(-c2nc(-c3ccccc3)nc(-c3cccc4oc5cc(N(c6ccccc6)c6cccc7ccccc67)c6ccccc6c5c34)n2)cc1. The highest BCUT2D eigenvalue weighted by atomic mass is 16.3. The Bertz CT molecular complexity index is 2840. The summed E-state index contributed by atoms with van der Waals surface area (Å²) >= 11 is 0. The van der Waals surface area contributed by atoms with E-state index >= 15 is 0 Å². The monoisotopic (exact) mass is 666 g/mol. The minimum atomic E-state index is 0.593. The maximum Gasteiger partial charge on any atom is 0.164 e. The van der Waals surface area contributed by atoms with Gasteiger partial charge in [0.1, 0.15) is 11.2 Å². The van der Waals surface area contributed by atoms with Crippen molar-refractivity contribution in [2.24, 2.45) is 0 Å². The molecule has 0 saturated carbocycles. The van der Waals surface area contributed by atoms with Crippen LogP contribution < -0.4 is 4.90 Å². The van der Waals surface area contributed by atoms with Crippen molar-refractivity contribution in [3.8, 4) is 34.2 Å². The number of rotatable bonds is 6. The standard InChI is InChI=1S/C47H30N4O/c1-4-17-32(18-5-1)45-48-46(33-19-6-2-7-20-33)50-47(49-45)38-27-15-29-41-44(38)43-37-26-13-12-25-36(37)40(30-42(43)52-41)51(34-22-8-3-9-23-34)39-28-14-21-31-16-10-11-24-35(31)39/h1-30H. The van der Waals surface area contributed by atoms with Crippen LogP contribution in [0.2, 0.25) is 0 Å². The van der Waals surface area contributed by atoms with Crippen LogP contribution >= 0.6 is 0 Å².